The van der Waals surface area contributed by atoms with Gasteiger partial charge in [0, 0.05) is 36.6 Å². The maximum Gasteiger partial charge on any atom is 0.331 e. The van der Waals surface area contributed by atoms with Crippen molar-refractivity contribution in [2.75, 3.05) is 0 Å². The smallest absolute Gasteiger partial charge is 0.331 e. The van der Waals surface area contributed by atoms with Gasteiger partial charge in [0.15, 0.2) is 5.78 Å². The normalized spacial score (nSPS) is 37.7. The SMILES string of the molecule is CC(=O)[C@]1(O)CC[C@@]2(O)[C@]1(C)[C@H](OC(=O)/C=C(\C)C(C)C)CC1[C@@]3(C)CC[C@H](OC(=O)/C=C/c4cccc([N+](=O)[O-])c4)CC3=CC[C@]12O. The van der Waals surface area contributed by atoms with E-state index in [-0.39, 0.29) is 37.3 Å². The number of nitro groups is 1. The lowest BCUT2D eigenvalue weighted by Gasteiger charge is -2.67. The highest BCUT2D eigenvalue weighted by molar-refractivity contribution is 5.88. The highest BCUT2D eigenvalue weighted by Crippen LogP contribution is 2.71. The number of aliphatic hydroxyl groups is 3. The molecular weight excluding hydrogens is 618 g/mol. The van der Waals surface area contributed by atoms with Gasteiger partial charge in [-0.25, -0.2) is 9.59 Å². The largest absolute Gasteiger partial charge is 0.459 e. The first-order chi connectivity index (χ1) is 22.3. The second-order valence-corrected chi connectivity index (χ2v) is 15.0. The van der Waals surface area contributed by atoms with Crippen molar-refractivity contribution in [1.82, 2.24) is 0 Å². The second kappa shape index (κ2) is 12.3. The van der Waals surface area contributed by atoms with E-state index in [0.29, 0.717) is 24.8 Å². The van der Waals surface area contributed by atoms with E-state index in [1.165, 1.54) is 43.4 Å². The van der Waals surface area contributed by atoms with Gasteiger partial charge in [0.05, 0.1) is 10.3 Å². The number of rotatable bonds is 8. The summed E-state index contributed by atoms with van der Waals surface area (Å²) in [5.74, 6) is -2.29. The van der Waals surface area contributed by atoms with Crippen LogP contribution in [0.5, 0.6) is 0 Å². The zero-order valence-corrected chi connectivity index (χ0v) is 28.5. The van der Waals surface area contributed by atoms with E-state index in [9.17, 15) is 39.8 Å². The molecule has 4 aliphatic rings. The average molecular weight is 666 g/mol. The van der Waals surface area contributed by atoms with Gasteiger partial charge in [0.25, 0.3) is 5.69 Å². The number of esters is 2. The highest BCUT2D eigenvalue weighted by Gasteiger charge is 2.81. The number of hydrogen-bond acceptors (Lipinski definition) is 10. The van der Waals surface area contributed by atoms with Gasteiger partial charge >= 0.3 is 11.9 Å². The molecule has 5 rings (SSSR count). The standard InChI is InChI=1S/C37H47NO10/c1-22(2)23(3)18-32(41)48-30-21-29-33(5)14-13-28(47-31(40)11-10-25-8-7-9-27(19-25)38(45)46)20-26(33)12-15-36(29,43)37(44)17-16-35(42,24(4)39)34(30,37)6/h7-12,18-19,22,28-30,42-44H,13-17,20-21H2,1-6H3/b11-10+,23-18+/t28-,29?,30+,33-,34+,35+,36-,37+/m0/s1. The van der Waals surface area contributed by atoms with Crippen LogP contribution in [0.3, 0.4) is 0 Å². The molecule has 11 heteroatoms. The van der Waals surface area contributed by atoms with Crippen molar-refractivity contribution in [3.63, 3.8) is 0 Å². The molecule has 0 heterocycles. The summed E-state index contributed by atoms with van der Waals surface area (Å²) in [6.07, 6.45) is 5.81. The van der Waals surface area contributed by atoms with Crippen LogP contribution >= 0.6 is 0 Å². The van der Waals surface area contributed by atoms with E-state index >= 15 is 0 Å². The van der Waals surface area contributed by atoms with Gasteiger partial charge in [0.2, 0.25) is 0 Å². The van der Waals surface area contributed by atoms with Crippen LogP contribution in [0.4, 0.5) is 5.69 Å². The summed E-state index contributed by atoms with van der Waals surface area (Å²) < 4.78 is 11.9. The topological polar surface area (TPSA) is 174 Å². The Morgan fingerprint density at radius 1 is 1.04 bits per heavy atom. The molecule has 3 saturated carbocycles. The molecule has 0 saturated heterocycles. The molecule has 3 N–H and O–H groups in total. The number of fused-ring (bicyclic) bond motifs is 5. The summed E-state index contributed by atoms with van der Waals surface area (Å²) in [4.78, 5) is 49.6. The third kappa shape index (κ3) is 5.44. The van der Waals surface area contributed by atoms with Crippen molar-refractivity contribution >= 4 is 29.5 Å². The van der Waals surface area contributed by atoms with Crippen molar-refractivity contribution in [1.29, 1.82) is 0 Å². The number of hydrogen-bond donors (Lipinski definition) is 3. The number of nitro benzene ring substituents is 1. The van der Waals surface area contributed by atoms with Crippen LogP contribution in [-0.4, -0.2) is 67.0 Å². The first-order valence-corrected chi connectivity index (χ1v) is 16.7. The Kier molecular flexibility index (Phi) is 9.16. The number of nitrogens with zero attached hydrogens (tertiary/aromatic N) is 1. The molecule has 1 aromatic rings. The lowest BCUT2D eigenvalue weighted by molar-refractivity contribution is -0.384. The molecule has 1 aromatic carbocycles. The Hall–Kier alpha value is -3.67. The number of allylic oxidation sites excluding steroid dienone is 1. The maximum absolute atomic E-state index is 13.3. The van der Waals surface area contributed by atoms with Gasteiger partial charge in [-0.1, -0.05) is 50.1 Å². The minimum atomic E-state index is -2.03. The van der Waals surface area contributed by atoms with E-state index in [2.05, 4.69) is 0 Å². The van der Waals surface area contributed by atoms with E-state index in [1.54, 1.807) is 13.0 Å². The second-order valence-electron chi connectivity index (χ2n) is 15.0. The minimum absolute atomic E-state index is 0.0447. The molecule has 11 nitrogen and oxygen atoms in total. The number of ether oxygens (including phenoxy) is 2. The van der Waals surface area contributed by atoms with Crippen LogP contribution in [0.2, 0.25) is 0 Å². The molecule has 8 atom stereocenters. The zero-order valence-electron chi connectivity index (χ0n) is 28.5. The lowest BCUT2D eigenvalue weighted by Crippen LogP contribution is -2.78. The van der Waals surface area contributed by atoms with Crippen molar-refractivity contribution in [3.05, 3.63) is 69.3 Å². The lowest BCUT2D eigenvalue weighted by atomic mass is 9.42. The van der Waals surface area contributed by atoms with Gasteiger partial charge in [-0.2, -0.15) is 0 Å². The Morgan fingerprint density at radius 2 is 1.75 bits per heavy atom. The summed E-state index contributed by atoms with van der Waals surface area (Å²) >= 11 is 0. The van der Waals surface area contributed by atoms with Crippen LogP contribution in [0.25, 0.3) is 6.08 Å². The molecule has 1 unspecified atom stereocenters. The fourth-order valence-corrected chi connectivity index (χ4v) is 9.09. The summed E-state index contributed by atoms with van der Waals surface area (Å²) in [7, 11) is 0. The highest BCUT2D eigenvalue weighted by atomic mass is 16.6. The van der Waals surface area contributed by atoms with E-state index in [1.807, 2.05) is 33.8 Å². The van der Waals surface area contributed by atoms with Crippen LogP contribution in [0, 0.1) is 32.8 Å². The van der Waals surface area contributed by atoms with Crippen LogP contribution < -0.4 is 0 Å². The summed E-state index contributed by atoms with van der Waals surface area (Å²) in [5.41, 5.74) is -5.93. The van der Waals surface area contributed by atoms with E-state index in [4.69, 9.17) is 9.47 Å². The number of carbonyl (C=O) groups is 3. The summed E-state index contributed by atoms with van der Waals surface area (Å²) in [5, 5.41) is 48.2. The third-order valence-electron chi connectivity index (χ3n) is 12.4. The molecular formula is C37H47NO10. The quantitative estimate of drug-likeness (QED) is 0.111. The molecule has 3 fully saturated rings. The zero-order chi connectivity index (χ0) is 35.4. The molecule has 48 heavy (non-hydrogen) atoms. The number of benzene rings is 1. The van der Waals surface area contributed by atoms with Crippen LogP contribution in [0.1, 0.15) is 92.1 Å². The van der Waals surface area contributed by atoms with Crippen molar-refractivity contribution < 1.29 is 44.1 Å². The Bertz CT molecular complexity index is 1610. The summed E-state index contributed by atoms with van der Waals surface area (Å²) in [6.45, 7) is 10.5. The monoisotopic (exact) mass is 665 g/mol. The fourth-order valence-electron chi connectivity index (χ4n) is 9.09. The van der Waals surface area contributed by atoms with Gasteiger partial charge in [-0.15, -0.1) is 0 Å². The van der Waals surface area contributed by atoms with Gasteiger partial charge in [0.1, 0.15) is 29.0 Å². The van der Waals surface area contributed by atoms with Gasteiger partial charge in [-0.05, 0) is 82.3 Å². The fraction of sp³-hybridized carbons (Fsp3) is 0.595. The molecule has 260 valence electrons. The molecule has 0 amide bonds. The predicted octanol–water partition coefficient (Wildman–Crippen LogP) is 5.16. The van der Waals surface area contributed by atoms with Gasteiger partial charge in [-0.3, -0.25) is 14.9 Å². The Morgan fingerprint density at radius 3 is 2.40 bits per heavy atom. The van der Waals surface area contributed by atoms with E-state index in [0.717, 1.165) is 11.1 Å². The molecule has 0 bridgehead atoms. The number of ketones is 1. The molecule has 4 aliphatic carbocycles. The number of Topliss-reactive ketones (excluding diaryl/α,β-unsaturated/α-hetero) is 1. The van der Waals surface area contributed by atoms with E-state index < -0.39 is 68.4 Å². The maximum atomic E-state index is 13.3. The molecule has 0 radical (unpaired) electrons. The summed E-state index contributed by atoms with van der Waals surface area (Å²) in [6, 6.07) is 5.91. The first kappa shape index (κ1) is 35.6. The Balaban J connectivity index is 1.42. The Labute approximate surface area is 280 Å². The third-order valence-corrected chi connectivity index (χ3v) is 12.4. The van der Waals surface area contributed by atoms with Crippen molar-refractivity contribution in [2.24, 2.45) is 22.7 Å². The molecule has 0 aliphatic heterocycles. The van der Waals surface area contributed by atoms with Crippen LogP contribution in [0.15, 0.2) is 53.6 Å². The number of non-ortho nitro benzene ring substituents is 1. The van der Waals surface area contributed by atoms with Crippen molar-refractivity contribution in [2.45, 2.75) is 115 Å². The average Bonchev–Trinajstić information content (AvgIpc) is 3.25. The minimum Gasteiger partial charge on any atom is -0.459 e. The van der Waals surface area contributed by atoms with Gasteiger partial charge < -0.3 is 24.8 Å². The predicted molar refractivity (Wildman–Crippen MR) is 176 cm³/mol. The molecule has 0 spiro atoms. The molecule has 0 aromatic heterocycles. The first-order valence-electron chi connectivity index (χ1n) is 16.7. The number of carbonyl (C=O) groups excluding carboxylic acids is 3. The van der Waals surface area contributed by atoms with Crippen LogP contribution in [-0.2, 0) is 23.9 Å². The van der Waals surface area contributed by atoms with Crippen molar-refractivity contribution in [3.8, 4) is 0 Å².